The number of rotatable bonds is 1. The Kier molecular flexibility index (Phi) is 1.44. The Morgan fingerprint density at radius 1 is 1.31 bits per heavy atom. The van der Waals surface area contributed by atoms with Crippen LogP contribution in [0.5, 0.6) is 0 Å². The molecule has 1 heterocycles. The van der Waals surface area contributed by atoms with Crippen molar-refractivity contribution in [3.8, 4) is 0 Å². The van der Waals surface area contributed by atoms with Crippen LogP contribution in [-0.4, -0.2) is 18.4 Å². The molecule has 3 fully saturated rings. The first-order valence-corrected chi connectivity index (χ1v) is 5.42. The van der Waals surface area contributed by atoms with E-state index < -0.39 is 0 Å². The van der Waals surface area contributed by atoms with Crippen LogP contribution in [-0.2, 0) is 4.79 Å². The van der Waals surface area contributed by atoms with Crippen molar-refractivity contribution in [1.82, 2.24) is 5.32 Å². The number of ketones is 1. The van der Waals surface area contributed by atoms with Crippen molar-refractivity contribution in [2.24, 2.45) is 17.3 Å². The highest BCUT2D eigenvalue weighted by Gasteiger charge is 2.56. The summed E-state index contributed by atoms with van der Waals surface area (Å²) in [6.07, 6.45) is 5.39. The lowest BCUT2D eigenvalue weighted by atomic mass is 9.80. The van der Waals surface area contributed by atoms with E-state index in [1.165, 1.54) is 19.3 Å². The average molecular weight is 179 g/mol. The second-order valence-electron chi connectivity index (χ2n) is 5.41. The first kappa shape index (κ1) is 7.98. The molecule has 2 saturated carbocycles. The molecule has 0 amide bonds. The van der Waals surface area contributed by atoms with Gasteiger partial charge < -0.3 is 5.32 Å². The van der Waals surface area contributed by atoms with E-state index in [0.29, 0.717) is 11.2 Å². The number of nitrogens with one attached hydrogen (secondary N) is 1. The highest BCUT2D eigenvalue weighted by Crippen LogP contribution is 2.62. The third-order valence-corrected chi connectivity index (χ3v) is 4.31. The summed E-state index contributed by atoms with van der Waals surface area (Å²) >= 11 is 0. The zero-order valence-electron chi connectivity index (χ0n) is 8.18. The van der Waals surface area contributed by atoms with Crippen LogP contribution in [0.15, 0.2) is 0 Å². The predicted octanol–water partition coefficient (Wildman–Crippen LogP) is 1.35. The Bertz CT molecular complexity index is 251. The van der Waals surface area contributed by atoms with Crippen LogP contribution in [0.4, 0.5) is 0 Å². The van der Waals surface area contributed by atoms with E-state index in [2.05, 4.69) is 5.32 Å². The van der Waals surface area contributed by atoms with Gasteiger partial charge in [-0.1, -0.05) is 0 Å². The first-order chi connectivity index (χ1) is 6.19. The zero-order chi connectivity index (χ0) is 9.05. The minimum absolute atomic E-state index is 0.178. The lowest BCUT2D eigenvalue weighted by Crippen LogP contribution is -2.28. The summed E-state index contributed by atoms with van der Waals surface area (Å²) in [5.41, 5.74) is 0.532. The van der Waals surface area contributed by atoms with E-state index in [-0.39, 0.29) is 6.04 Å². The molecule has 0 aromatic heterocycles. The second-order valence-corrected chi connectivity index (χ2v) is 5.41. The fraction of sp³-hybridized carbons (Fsp3) is 0.909. The third kappa shape index (κ3) is 1.15. The topological polar surface area (TPSA) is 29.1 Å². The summed E-state index contributed by atoms with van der Waals surface area (Å²) in [6, 6.07) is 0.178. The Morgan fingerprint density at radius 2 is 2.00 bits per heavy atom. The van der Waals surface area contributed by atoms with E-state index in [9.17, 15) is 4.79 Å². The SMILES string of the molecule is CC(=O)[C@@H]1CC2(CN1)CC1CC1C2. The molecule has 1 N–H and O–H groups in total. The molecule has 13 heavy (non-hydrogen) atoms. The normalized spacial score (nSPS) is 52.5. The summed E-state index contributed by atoms with van der Waals surface area (Å²) in [5.74, 6) is 2.40. The van der Waals surface area contributed by atoms with Gasteiger partial charge in [-0.2, -0.15) is 0 Å². The van der Waals surface area contributed by atoms with Crippen molar-refractivity contribution in [3.05, 3.63) is 0 Å². The summed E-state index contributed by atoms with van der Waals surface area (Å²) in [4.78, 5) is 11.2. The molecule has 1 aliphatic heterocycles. The Labute approximate surface area is 79.1 Å². The molecule has 1 spiro atoms. The van der Waals surface area contributed by atoms with Gasteiger partial charge in [0.1, 0.15) is 5.78 Å². The molecule has 2 unspecified atom stereocenters. The summed E-state index contributed by atoms with van der Waals surface area (Å²) < 4.78 is 0. The van der Waals surface area contributed by atoms with Crippen LogP contribution < -0.4 is 5.32 Å². The predicted molar refractivity (Wildman–Crippen MR) is 50.4 cm³/mol. The molecule has 2 heteroatoms. The van der Waals surface area contributed by atoms with Gasteiger partial charge in [0.15, 0.2) is 0 Å². The Balaban J connectivity index is 1.71. The van der Waals surface area contributed by atoms with Gasteiger partial charge >= 0.3 is 0 Å². The van der Waals surface area contributed by atoms with Gasteiger partial charge in [-0.25, -0.2) is 0 Å². The largest absolute Gasteiger partial charge is 0.307 e. The molecule has 0 bridgehead atoms. The molecule has 2 aliphatic carbocycles. The molecule has 1 saturated heterocycles. The maximum Gasteiger partial charge on any atom is 0.146 e. The quantitative estimate of drug-likeness (QED) is 0.658. The molecule has 3 aliphatic rings. The van der Waals surface area contributed by atoms with Crippen molar-refractivity contribution in [2.75, 3.05) is 6.54 Å². The summed E-state index contributed by atoms with van der Waals surface area (Å²) in [6.45, 7) is 2.82. The molecule has 72 valence electrons. The molecule has 0 aromatic carbocycles. The highest BCUT2D eigenvalue weighted by atomic mass is 16.1. The summed E-state index contributed by atoms with van der Waals surface area (Å²) in [7, 11) is 0. The van der Waals surface area contributed by atoms with Crippen LogP contribution in [0.25, 0.3) is 0 Å². The van der Waals surface area contributed by atoms with Gasteiger partial charge in [-0.3, -0.25) is 4.79 Å². The lowest BCUT2D eigenvalue weighted by Gasteiger charge is -2.23. The van der Waals surface area contributed by atoms with Gasteiger partial charge in [0, 0.05) is 6.54 Å². The van der Waals surface area contributed by atoms with Gasteiger partial charge in [0.05, 0.1) is 6.04 Å². The number of hydrogen-bond acceptors (Lipinski definition) is 2. The minimum atomic E-state index is 0.178. The van der Waals surface area contributed by atoms with Crippen LogP contribution in [0.3, 0.4) is 0 Å². The number of carbonyl (C=O) groups is 1. The van der Waals surface area contributed by atoms with E-state index in [1.807, 2.05) is 0 Å². The molecule has 0 aromatic rings. The van der Waals surface area contributed by atoms with Crippen LogP contribution in [0.2, 0.25) is 0 Å². The van der Waals surface area contributed by atoms with Crippen molar-refractivity contribution in [1.29, 1.82) is 0 Å². The molecule has 0 radical (unpaired) electrons. The Hall–Kier alpha value is -0.370. The number of Topliss-reactive ketones (excluding diaryl/α,β-unsaturated/α-hetero) is 1. The number of hydrogen-bond donors (Lipinski definition) is 1. The maximum atomic E-state index is 11.2. The molecular weight excluding hydrogens is 162 g/mol. The van der Waals surface area contributed by atoms with E-state index in [4.69, 9.17) is 0 Å². The standard InChI is InChI=1S/C11H17NO/c1-7(13)10-5-11(6-12-10)3-8-2-9(8)4-11/h8-10,12H,2-6H2,1H3/t8?,9?,10-,11?/m0/s1. The molecule has 3 atom stereocenters. The highest BCUT2D eigenvalue weighted by molar-refractivity contribution is 5.81. The van der Waals surface area contributed by atoms with Crippen LogP contribution in [0, 0.1) is 17.3 Å². The Morgan fingerprint density at radius 3 is 2.54 bits per heavy atom. The van der Waals surface area contributed by atoms with Gasteiger partial charge in [0.25, 0.3) is 0 Å². The second kappa shape index (κ2) is 2.35. The minimum Gasteiger partial charge on any atom is -0.307 e. The van der Waals surface area contributed by atoms with Crippen molar-refractivity contribution < 1.29 is 4.79 Å². The molecular formula is C11H17NO. The zero-order valence-corrected chi connectivity index (χ0v) is 8.18. The van der Waals surface area contributed by atoms with Gasteiger partial charge in [-0.15, -0.1) is 0 Å². The van der Waals surface area contributed by atoms with Gasteiger partial charge in [-0.05, 0) is 49.9 Å². The van der Waals surface area contributed by atoms with Crippen molar-refractivity contribution >= 4 is 5.78 Å². The lowest BCUT2D eigenvalue weighted by molar-refractivity contribution is -0.118. The number of carbonyl (C=O) groups excluding carboxylic acids is 1. The monoisotopic (exact) mass is 179 g/mol. The smallest absolute Gasteiger partial charge is 0.146 e. The molecule has 2 nitrogen and oxygen atoms in total. The van der Waals surface area contributed by atoms with E-state index in [1.54, 1.807) is 6.92 Å². The van der Waals surface area contributed by atoms with Crippen molar-refractivity contribution in [3.63, 3.8) is 0 Å². The van der Waals surface area contributed by atoms with E-state index >= 15 is 0 Å². The summed E-state index contributed by atoms with van der Waals surface area (Å²) in [5, 5.41) is 3.38. The fourth-order valence-corrected chi connectivity index (χ4v) is 3.52. The van der Waals surface area contributed by atoms with Crippen LogP contribution >= 0.6 is 0 Å². The third-order valence-electron chi connectivity index (χ3n) is 4.31. The maximum absolute atomic E-state index is 11.2. The fourth-order valence-electron chi connectivity index (χ4n) is 3.52. The van der Waals surface area contributed by atoms with E-state index in [0.717, 1.165) is 24.8 Å². The van der Waals surface area contributed by atoms with Gasteiger partial charge in [0.2, 0.25) is 0 Å². The number of fused-ring (bicyclic) bond motifs is 1. The van der Waals surface area contributed by atoms with Crippen molar-refractivity contribution in [2.45, 2.75) is 38.6 Å². The first-order valence-electron chi connectivity index (χ1n) is 5.42. The average Bonchev–Trinajstić information content (AvgIpc) is 2.57. The molecule has 3 rings (SSSR count). The van der Waals surface area contributed by atoms with Crippen LogP contribution in [0.1, 0.15) is 32.6 Å².